The van der Waals surface area contributed by atoms with Crippen LogP contribution in [0.3, 0.4) is 0 Å². The minimum absolute atomic E-state index is 0.353. The van der Waals surface area contributed by atoms with Crippen LogP contribution in [0.2, 0.25) is 0 Å². The lowest BCUT2D eigenvalue weighted by Gasteiger charge is -2.33. The first kappa shape index (κ1) is 15.8. The van der Waals surface area contributed by atoms with Gasteiger partial charge in [-0.05, 0) is 38.4 Å². The van der Waals surface area contributed by atoms with E-state index in [-0.39, 0.29) is 0 Å². The summed E-state index contributed by atoms with van der Waals surface area (Å²) in [6.07, 6.45) is 4.38. The number of hydrogen-bond acceptors (Lipinski definition) is 3. The maximum absolute atomic E-state index is 13.7. The van der Waals surface area contributed by atoms with Gasteiger partial charge in [-0.2, -0.15) is 0 Å². The zero-order valence-electron chi connectivity index (χ0n) is 12.9. The molecule has 5 heteroatoms. The van der Waals surface area contributed by atoms with Crippen molar-refractivity contribution in [3.05, 3.63) is 35.4 Å². The number of nitrogens with zero attached hydrogens (tertiary/aromatic N) is 2. The Balaban J connectivity index is 1.58. The topological polar surface area (TPSA) is 26.7 Å². The van der Waals surface area contributed by atoms with Gasteiger partial charge >= 0.3 is 0 Å². The van der Waals surface area contributed by atoms with Gasteiger partial charge in [0, 0.05) is 31.7 Å². The molecule has 1 aromatic carbocycles. The Labute approximate surface area is 130 Å². The molecule has 3 rings (SSSR count). The highest BCUT2D eigenvalue weighted by Gasteiger charge is 2.37. The van der Waals surface area contributed by atoms with Crippen molar-refractivity contribution in [2.45, 2.75) is 37.8 Å². The lowest BCUT2D eigenvalue weighted by molar-refractivity contribution is 0.00627. The van der Waals surface area contributed by atoms with Gasteiger partial charge in [-0.1, -0.05) is 18.6 Å². The molecule has 0 unspecified atom stereocenters. The predicted molar refractivity (Wildman–Crippen MR) is 81.5 cm³/mol. The summed E-state index contributed by atoms with van der Waals surface area (Å²) in [6, 6.07) is 4.28. The molecular weight excluding hydrogens is 286 g/mol. The van der Waals surface area contributed by atoms with Crippen molar-refractivity contribution in [1.82, 2.24) is 9.80 Å². The number of benzene rings is 1. The largest absolute Gasteiger partial charge is 0.387 e. The summed E-state index contributed by atoms with van der Waals surface area (Å²) in [5.41, 5.74) is -0.358. The van der Waals surface area contributed by atoms with E-state index in [2.05, 4.69) is 4.90 Å². The van der Waals surface area contributed by atoms with Crippen molar-refractivity contribution in [3.8, 4) is 0 Å². The van der Waals surface area contributed by atoms with Crippen LogP contribution >= 0.6 is 0 Å². The Kier molecular flexibility index (Phi) is 4.76. The Morgan fingerprint density at radius 2 is 1.82 bits per heavy atom. The predicted octanol–water partition coefficient (Wildman–Crippen LogP) is 2.39. The second-order valence-corrected chi connectivity index (χ2v) is 6.73. The van der Waals surface area contributed by atoms with E-state index in [0.29, 0.717) is 31.6 Å². The van der Waals surface area contributed by atoms with E-state index < -0.39 is 17.2 Å². The van der Waals surface area contributed by atoms with E-state index in [1.54, 1.807) is 6.07 Å². The van der Waals surface area contributed by atoms with Crippen LogP contribution in [0.5, 0.6) is 0 Å². The van der Waals surface area contributed by atoms with E-state index in [1.807, 2.05) is 4.90 Å². The van der Waals surface area contributed by atoms with Gasteiger partial charge in [0.25, 0.3) is 0 Å². The lowest BCUT2D eigenvalue weighted by Crippen LogP contribution is -2.46. The van der Waals surface area contributed by atoms with Crippen LogP contribution in [0.25, 0.3) is 0 Å². The molecule has 0 spiro atoms. The molecule has 1 aromatic rings. The summed E-state index contributed by atoms with van der Waals surface area (Å²) in [4.78, 5) is 4.34. The summed E-state index contributed by atoms with van der Waals surface area (Å²) in [6.45, 7) is 4.41. The molecule has 2 heterocycles. The van der Waals surface area contributed by atoms with Gasteiger partial charge < -0.3 is 10.0 Å². The first-order valence-electron chi connectivity index (χ1n) is 8.16. The number of halogens is 2. The van der Waals surface area contributed by atoms with E-state index in [0.717, 1.165) is 25.7 Å². The summed E-state index contributed by atoms with van der Waals surface area (Å²) in [5.74, 6) is -1.57. The normalized spacial score (nSPS) is 27.4. The van der Waals surface area contributed by atoms with Gasteiger partial charge in [0.2, 0.25) is 0 Å². The average Bonchev–Trinajstić information content (AvgIpc) is 2.86. The molecule has 0 aromatic heterocycles. The molecule has 2 aliphatic rings. The van der Waals surface area contributed by atoms with Crippen LogP contribution in [0, 0.1) is 11.6 Å². The summed E-state index contributed by atoms with van der Waals surface area (Å²) < 4.78 is 27.0. The number of β-amino-alcohol motifs (C(OH)–C–C–N with tert-alkyl or cyclic N) is 1. The van der Waals surface area contributed by atoms with Crippen molar-refractivity contribution in [3.63, 3.8) is 0 Å². The quantitative estimate of drug-likeness (QED) is 0.925. The first-order chi connectivity index (χ1) is 10.6. The van der Waals surface area contributed by atoms with Crippen LogP contribution < -0.4 is 0 Å². The molecule has 2 saturated heterocycles. The standard InChI is InChI=1S/C17H24F2N2O/c18-15-6-4-5-14(16(15)19)11-21-10-7-17(22,13-21)12-20-8-2-1-3-9-20/h4-6,22H,1-3,7-13H2/t17-/m1/s1. The molecule has 0 saturated carbocycles. The number of hydrogen-bond donors (Lipinski definition) is 1. The van der Waals surface area contributed by atoms with E-state index in [4.69, 9.17) is 0 Å². The molecule has 3 nitrogen and oxygen atoms in total. The fourth-order valence-corrected chi connectivity index (χ4v) is 3.65. The van der Waals surface area contributed by atoms with Gasteiger partial charge in [-0.25, -0.2) is 8.78 Å². The van der Waals surface area contributed by atoms with Crippen molar-refractivity contribution in [2.75, 3.05) is 32.7 Å². The molecule has 2 fully saturated rings. The van der Waals surface area contributed by atoms with Crippen LogP contribution in [-0.4, -0.2) is 53.2 Å². The first-order valence-corrected chi connectivity index (χ1v) is 8.16. The van der Waals surface area contributed by atoms with Crippen LogP contribution in [0.1, 0.15) is 31.2 Å². The van der Waals surface area contributed by atoms with E-state index >= 15 is 0 Å². The fraction of sp³-hybridized carbons (Fsp3) is 0.647. The van der Waals surface area contributed by atoms with Gasteiger partial charge in [0.15, 0.2) is 11.6 Å². The summed E-state index contributed by atoms with van der Waals surface area (Å²) >= 11 is 0. The van der Waals surface area contributed by atoms with Gasteiger partial charge in [0.05, 0.1) is 5.60 Å². The Bertz CT molecular complexity index is 519. The molecule has 0 aliphatic carbocycles. The third kappa shape index (κ3) is 3.65. The molecule has 22 heavy (non-hydrogen) atoms. The monoisotopic (exact) mass is 310 g/mol. The summed E-state index contributed by atoms with van der Waals surface area (Å²) in [5, 5.41) is 10.8. The molecule has 0 radical (unpaired) electrons. The number of rotatable bonds is 4. The Morgan fingerprint density at radius 1 is 1.05 bits per heavy atom. The highest BCUT2D eigenvalue weighted by molar-refractivity contribution is 5.19. The Hall–Kier alpha value is -1.04. The van der Waals surface area contributed by atoms with E-state index in [9.17, 15) is 13.9 Å². The van der Waals surface area contributed by atoms with Crippen molar-refractivity contribution >= 4 is 0 Å². The summed E-state index contributed by atoms with van der Waals surface area (Å²) in [7, 11) is 0. The number of piperidine rings is 1. The van der Waals surface area contributed by atoms with Gasteiger partial charge in [-0.3, -0.25) is 4.90 Å². The second-order valence-electron chi connectivity index (χ2n) is 6.73. The molecule has 0 bridgehead atoms. The fourth-order valence-electron chi connectivity index (χ4n) is 3.65. The SMILES string of the molecule is O[C@@]1(CN2CCCCC2)CCN(Cc2cccc(F)c2F)C1. The Morgan fingerprint density at radius 3 is 2.59 bits per heavy atom. The molecule has 0 amide bonds. The average molecular weight is 310 g/mol. The van der Waals surface area contributed by atoms with Crippen LogP contribution in [-0.2, 0) is 6.54 Å². The zero-order valence-corrected chi connectivity index (χ0v) is 12.9. The van der Waals surface area contributed by atoms with Crippen molar-refractivity contribution < 1.29 is 13.9 Å². The van der Waals surface area contributed by atoms with Gasteiger partial charge in [-0.15, -0.1) is 0 Å². The highest BCUT2D eigenvalue weighted by atomic mass is 19.2. The third-order valence-electron chi connectivity index (χ3n) is 4.80. The zero-order chi connectivity index (χ0) is 15.6. The van der Waals surface area contributed by atoms with Crippen molar-refractivity contribution in [2.24, 2.45) is 0 Å². The van der Waals surface area contributed by atoms with Gasteiger partial charge in [0.1, 0.15) is 0 Å². The smallest absolute Gasteiger partial charge is 0.163 e. The van der Waals surface area contributed by atoms with Crippen molar-refractivity contribution in [1.29, 1.82) is 0 Å². The molecule has 122 valence electrons. The molecule has 2 aliphatic heterocycles. The molecule has 1 N–H and O–H groups in total. The third-order valence-corrected chi connectivity index (χ3v) is 4.80. The number of aliphatic hydroxyl groups is 1. The lowest BCUT2D eigenvalue weighted by atomic mass is 10.0. The maximum atomic E-state index is 13.7. The minimum Gasteiger partial charge on any atom is -0.387 e. The van der Waals surface area contributed by atoms with E-state index in [1.165, 1.54) is 25.3 Å². The highest BCUT2D eigenvalue weighted by Crippen LogP contribution is 2.26. The number of likely N-dealkylation sites (tertiary alicyclic amines) is 2. The second kappa shape index (κ2) is 6.60. The van der Waals surface area contributed by atoms with Crippen LogP contribution in [0.4, 0.5) is 8.78 Å². The maximum Gasteiger partial charge on any atom is 0.163 e. The van der Waals surface area contributed by atoms with Crippen LogP contribution in [0.15, 0.2) is 18.2 Å². The molecular formula is C17H24F2N2O. The minimum atomic E-state index is -0.805. The molecule has 1 atom stereocenters.